The zero-order chi connectivity index (χ0) is 14.9. The molecule has 5 heteroatoms. The van der Waals surface area contributed by atoms with E-state index < -0.39 is 11.4 Å². The highest BCUT2D eigenvalue weighted by molar-refractivity contribution is 6.02. The minimum absolute atomic E-state index is 0.105. The molecule has 1 fully saturated rings. The first kappa shape index (κ1) is 14.5. The number of benzene rings is 1. The van der Waals surface area contributed by atoms with E-state index in [1.54, 1.807) is 18.2 Å². The van der Waals surface area contributed by atoms with Gasteiger partial charge >= 0.3 is 5.97 Å². The molecule has 2 atom stereocenters. The largest absolute Gasteiger partial charge is 0.478 e. The van der Waals surface area contributed by atoms with Gasteiger partial charge in [-0.25, -0.2) is 4.79 Å². The van der Waals surface area contributed by atoms with E-state index in [0.717, 1.165) is 24.8 Å². The predicted molar refractivity (Wildman–Crippen MR) is 76.7 cm³/mol. The molecular weight excluding hydrogens is 256 g/mol. The van der Waals surface area contributed by atoms with Crippen LogP contribution in [0.25, 0.3) is 0 Å². The van der Waals surface area contributed by atoms with Crippen LogP contribution in [0.5, 0.6) is 0 Å². The zero-order valence-corrected chi connectivity index (χ0v) is 11.8. The second-order valence-electron chi connectivity index (χ2n) is 5.72. The van der Waals surface area contributed by atoms with Crippen LogP contribution < -0.4 is 11.1 Å². The third-order valence-electron chi connectivity index (χ3n) is 4.20. The lowest BCUT2D eigenvalue weighted by molar-refractivity contribution is -0.125. The number of aromatic carboxylic acids is 1. The summed E-state index contributed by atoms with van der Waals surface area (Å²) in [4.78, 5) is 23.7. The fourth-order valence-corrected chi connectivity index (χ4v) is 2.68. The Morgan fingerprint density at radius 3 is 2.70 bits per heavy atom. The lowest BCUT2D eigenvalue weighted by atomic mass is 9.84. The first-order chi connectivity index (χ1) is 9.34. The fraction of sp³-hybridized carbons (Fsp3) is 0.467. The smallest absolute Gasteiger partial charge is 0.337 e. The number of nitrogens with two attached hydrogens (primary N) is 1. The molecule has 4 N–H and O–H groups in total. The molecule has 1 saturated carbocycles. The first-order valence-corrected chi connectivity index (χ1v) is 6.75. The summed E-state index contributed by atoms with van der Waals surface area (Å²) in [7, 11) is 0. The summed E-state index contributed by atoms with van der Waals surface area (Å²) < 4.78 is 0. The van der Waals surface area contributed by atoms with Gasteiger partial charge < -0.3 is 16.2 Å². The van der Waals surface area contributed by atoms with Gasteiger partial charge in [-0.05, 0) is 38.8 Å². The van der Waals surface area contributed by atoms with Gasteiger partial charge in [0, 0.05) is 6.04 Å². The topological polar surface area (TPSA) is 92.4 Å². The van der Waals surface area contributed by atoms with E-state index in [4.69, 9.17) is 5.73 Å². The molecule has 1 aliphatic carbocycles. The van der Waals surface area contributed by atoms with Crippen LogP contribution in [0.3, 0.4) is 0 Å². The maximum atomic E-state index is 12.4. The van der Waals surface area contributed by atoms with Gasteiger partial charge in [0.1, 0.15) is 0 Å². The quantitative estimate of drug-likeness (QED) is 0.788. The number of rotatable bonds is 3. The Bertz CT molecular complexity index is 556. The Balaban J connectivity index is 2.26. The number of hydrogen-bond acceptors (Lipinski definition) is 3. The van der Waals surface area contributed by atoms with E-state index in [2.05, 4.69) is 5.32 Å². The standard InChI is InChI=1S/C15H20N2O3/c1-9-5-6-11(10(8-9)13(18)19)17-14(20)15(2)7-3-4-12(15)16/h5-6,8,12H,3-4,7,16H2,1-2H3,(H,17,20)(H,18,19). The van der Waals surface area contributed by atoms with Gasteiger partial charge in [-0.15, -0.1) is 0 Å². The van der Waals surface area contributed by atoms with E-state index in [9.17, 15) is 14.7 Å². The minimum Gasteiger partial charge on any atom is -0.478 e. The van der Waals surface area contributed by atoms with Gasteiger partial charge in [0.2, 0.25) is 5.91 Å². The van der Waals surface area contributed by atoms with E-state index in [-0.39, 0.29) is 17.5 Å². The molecule has 2 unspecified atom stereocenters. The Hall–Kier alpha value is -1.88. The molecule has 108 valence electrons. The number of nitrogens with one attached hydrogen (secondary N) is 1. The van der Waals surface area contributed by atoms with Crippen molar-refractivity contribution in [3.8, 4) is 0 Å². The first-order valence-electron chi connectivity index (χ1n) is 6.75. The van der Waals surface area contributed by atoms with Crippen LogP contribution >= 0.6 is 0 Å². The molecule has 5 nitrogen and oxygen atoms in total. The molecule has 1 aromatic carbocycles. The van der Waals surface area contributed by atoms with Crippen LogP contribution in [0.1, 0.15) is 42.1 Å². The highest BCUT2D eigenvalue weighted by Crippen LogP contribution is 2.38. The third kappa shape index (κ3) is 2.54. The maximum Gasteiger partial charge on any atom is 0.337 e. The van der Waals surface area contributed by atoms with Crippen molar-refractivity contribution in [1.82, 2.24) is 0 Å². The van der Waals surface area contributed by atoms with Gasteiger partial charge in [0.25, 0.3) is 0 Å². The number of carboxylic acid groups (broad SMARTS) is 1. The maximum absolute atomic E-state index is 12.4. The Morgan fingerprint density at radius 1 is 1.45 bits per heavy atom. The summed E-state index contributed by atoms with van der Waals surface area (Å²) >= 11 is 0. The fourth-order valence-electron chi connectivity index (χ4n) is 2.68. The monoisotopic (exact) mass is 276 g/mol. The van der Waals surface area contributed by atoms with E-state index in [1.807, 2.05) is 13.8 Å². The van der Waals surface area contributed by atoms with Crippen molar-refractivity contribution in [3.63, 3.8) is 0 Å². The highest BCUT2D eigenvalue weighted by atomic mass is 16.4. The highest BCUT2D eigenvalue weighted by Gasteiger charge is 2.43. The Labute approximate surface area is 118 Å². The molecule has 2 rings (SSSR count). The molecular formula is C15H20N2O3. The lowest BCUT2D eigenvalue weighted by Gasteiger charge is -2.27. The molecule has 1 aromatic rings. The Kier molecular flexibility index (Phi) is 3.81. The van der Waals surface area contributed by atoms with E-state index in [1.165, 1.54) is 0 Å². The summed E-state index contributed by atoms with van der Waals surface area (Å²) in [5.41, 5.74) is 6.66. The second-order valence-corrected chi connectivity index (χ2v) is 5.72. The summed E-state index contributed by atoms with van der Waals surface area (Å²) in [5.74, 6) is -1.25. The number of carbonyl (C=O) groups excluding carboxylic acids is 1. The number of carboxylic acids is 1. The molecule has 0 radical (unpaired) electrons. The van der Waals surface area contributed by atoms with Crippen LogP contribution in [0.4, 0.5) is 5.69 Å². The van der Waals surface area contributed by atoms with Gasteiger partial charge in [-0.2, -0.15) is 0 Å². The SMILES string of the molecule is Cc1ccc(NC(=O)C2(C)CCCC2N)c(C(=O)O)c1. The molecule has 20 heavy (non-hydrogen) atoms. The summed E-state index contributed by atoms with van der Waals surface area (Å²) in [6.45, 7) is 3.65. The molecule has 0 aliphatic heterocycles. The van der Waals surface area contributed by atoms with Gasteiger partial charge in [0.15, 0.2) is 0 Å². The van der Waals surface area contributed by atoms with Gasteiger partial charge in [0.05, 0.1) is 16.7 Å². The molecule has 0 heterocycles. The van der Waals surface area contributed by atoms with Crippen molar-refractivity contribution in [2.75, 3.05) is 5.32 Å². The minimum atomic E-state index is -1.05. The molecule has 1 aliphatic rings. The number of aryl methyl sites for hydroxylation is 1. The van der Waals surface area contributed by atoms with Gasteiger partial charge in [-0.3, -0.25) is 4.79 Å². The predicted octanol–water partition coefficient (Wildman–Crippen LogP) is 2.15. The van der Waals surface area contributed by atoms with Crippen molar-refractivity contribution < 1.29 is 14.7 Å². The normalized spacial score (nSPS) is 25.4. The van der Waals surface area contributed by atoms with E-state index >= 15 is 0 Å². The van der Waals surface area contributed by atoms with Crippen molar-refractivity contribution in [2.24, 2.45) is 11.1 Å². The molecule has 0 bridgehead atoms. The number of hydrogen-bond donors (Lipinski definition) is 3. The number of anilines is 1. The van der Waals surface area contributed by atoms with Crippen LogP contribution in [0.2, 0.25) is 0 Å². The van der Waals surface area contributed by atoms with Crippen molar-refractivity contribution in [1.29, 1.82) is 0 Å². The molecule has 0 saturated heterocycles. The van der Waals surface area contributed by atoms with Crippen molar-refractivity contribution >= 4 is 17.6 Å². The van der Waals surface area contributed by atoms with E-state index in [0.29, 0.717) is 5.69 Å². The Morgan fingerprint density at radius 2 is 2.15 bits per heavy atom. The van der Waals surface area contributed by atoms with Crippen LogP contribution in [-0.4, -0.2) is 23.0 Å². The average molecular weight is 276 g/mol. The van der Waals surface area contributed by atoms with Crippen molar-refractivity contribution in [3.05, 3.63) is 29.3 Å². The molecule has 1 amide bonds. The third-order valence-corrected chi connectivity index (χ3v) is 4.20. The molecule has 0 aromatic heterocycles. The summed E-state index contributed by atoms with van der Waals surface area (Å²) in [6, 6.07) is 4.77. The lowest BCUT2D eigenvalue weighted by Crippen LogP contribution is -2.44. The number of amides is 1. The van der Waals surface area contributed by atoms with Crippen LogP contribution in [-0.2, 0) is 4.79 Å². The van der Waals surface area contributed by atoms with Crippen LogP contribution in [0.15, 0.2) is 18.2 Å². The van der Waals surface area contributed by atoms with Gasteiger partial charge in [-0.1, -0.05) is 18.1 Å². The summed E-state index contributed by atoms with van der Waals surface area (Å²) in [5, 5.41) is 11.9. The molecule has 0 spiro atoms. The van der Waals surface area contributed by atoms with Crippen molar-refractivity contribution in [2.45, 2.75) is 39.2 Å². The zero-order valence-electron chi connectivity index (χ0n) is 11.8. The number of carbonyl (C=O) groups is 2. The average Bonchev–Trinajstić information content (AvgIpc) is 2.73. The van der Waals surface area contributed by atoms with Crippen LogP contribution in [0, 0.1) is 12.3 Å². The summed E-state index contributed by atoms with van der Waals surface area (Å²) in [6.07, 6.45) is 2.47. The second kappa shape index (κ2) is 5.25.